The van der Waals surface area contributed by atoms with Gasteiger partial charge in [-0.05, 0) is 43.3 Å². The molecule has 0 radical (unpaired) electrons. The van der Waals surface area contributed by atoms with E-state index in [-0.39, 0.29) is 11.1 Å². The number of nitrogens with zero attached hydrogens (tertiary/aromatic N) is 3. The van der Waals surface area contributed by atoms with Crippen molar-refractivity contribution >= 4 is 34.7 Å². The quantitative estimate of drug-likeness (QED) is 0.377. The average Bonchev–Trinajstić information content (AvgIpc) is 2.91. The smallest absolute Gasteiger partial charge is 0.257 e. The summed E-state index contributed by atoms with van der Waals surface area (Å²) in [6.07, 6.45) is 2.99. The number of aromatic nitrogens is 2. The van der Waals surface area contributed by atoms with E-state index in [1.165, 1.54) is 30.6 Å². The van der Waals surface area contributed by atoms with Gasteiger partial charge in [0.15, 0.2) is 0 Å². The van der Waals surface area contributed by atoms with Gasteiger partial charge in [0.1, 0.15) is 11.6 Å². The molecular formula is C26H29FN6O4. The van der Waals surface area contributed by atoms with E-state index in [1.54, 1.807) is 32.2 Å². The van der Waals surface area contributed by atoms with Crippen molar-refractivity contribution in [3.05, 3.63) is 71.4 Å². The zero-order valence-corrected chi connectivity index (χ0v) is 20.7. The number of amides is 2. The standard InChI is InChI=1S/C26H29FN6O4/c1-17-23(26(35)31-20-3-4-24(30-15-20)28-5-8-36-2)14-21(16-29-17)32-25(34)18-11-19(27)13-22(12-18)33-6-9-37-10-7-33/h3-4,11-16H,5-10H2,1-2H3,(H,28,30)(H,31,35)(H,32,34). The number of carbonyl (C=O) groups excluding carboxylic acids is 2. The van der Waals surface area contributed by atoms with Crippen LogP contribution in [-0.4, -0.2) is 68.3 Å². The molecule has 10 nitrogen and oxygen atoms in total. The second-order valence-electron chi connectivity index (χ2n) is 8.41. The van der Waals surface area contributed by atoms with Crippen LogP contribution < -0.4 is 20.9 Å². The Morgan fingerprint density at radius 3 is 2.51 bits per heavy atom. The first-order valence-electron chi connectivity index (χ1n) is 11.8. The number of anilines is 4. The fourth-order valence-corrected chi connectivity index (χ4v) is 3.80. The highest BCUT2D eigenvalue weighted by molar-refractivity contribution is 6.08. The van der Waals surface area contributed by atoms with Crippen LogP contribution in [0.25, 0.3) is 0 Å². The summed E-state index contributed by atoms with van der Waals surface area (Å²) >= 11 is 0. The minimum Gasteiger partial charge on any atom is -0.383 e. The van der Waals surface area contributed by atoms with Gasteiger partial charge in [-0.3, -0.25) is 14.6 Å². The predicted molar refractivity (Wildman–Crippen MR) is 139 cm³/mol. The molecule has 0 spiro atoms. The van der Waals surface area contributed by atoms with Gasteiger partial charge in [-0.1, -0.05) is 0 Å². The van der Waals surface area contributed by atoms with Crippen LogP contribution in [0.2, 0.25) is 0 Å². The second kappa shape index (κ2) is 12.2. The van der Waals surface area contributed by atoms with Crippen LogP contribution in [0.3, 0.4) is 0 Å². The Hall–Kier alpha value is -4.09. The van der Waals surface area contributed by atoms with Gasteiger partial charge in [-0.25, -0.2) is 9.37 Å². The van der Waals surface area contributed by atoms with Crippen LogP contribution in [-0.2, 0) is 9.47 Å². The molecule has 1 aliphatic heterocycles. The van der Waals surface area contributed by atoms with E-state index >= 15 is 0 Å². The molecular weight excluding hydrogens is 479 g/mol. The number of morpholine rings is 1. The minimum atomic E-state index is -0.509. The van der Waals surface area contributed by atoms with Crippen molar-refractivity contribution < 1.29 is 23.5 Å². The van der Waals surface area contributed by atoms with Crippen molar-refractivity contribution in [1.82, 2.24) is 9.97 Å². The van der Waals surface area contributed by atoms with Crippen LogP contribution in [0, 0.1) is 12.7 Å². The van der Waals surface area contributed by atoms with E-state index in [0.717, 1.165) is 0 Å². The van der Waals surface area contributed by atoms with E-state index in [1.807, 2.05) is 4.90 Å². The Morgan fingerprint density at radius 2 is 1.78 bits per heavy atom. The van der Waals surface area contributed by atoms with Gasteiger partial charge in [0.05, 0.1) is 54.8 Å². The third-order valence-electron chi connectivity index (χ3n) is 5.74. The molecule has 37 heavy (non-hydrogen) atoms. The van der Waals surface area contributed by atoms with Gasteiger partial charge >= 0.3 is 0 Å². The fraction of sp³-hybridized carbons (Fsp3) is 0.308. The summed E-state index contributed by atoms with van der Waals surface area (Å²) in [4.78, 5) is 36.3. The summed E-state index contributed by atoms with van der Waals surface area (Å²) < 4.78 is 24.6. The molecule has 2 amide bonds. The molecule has 3 heterocycles. The zero-order valence-electron chi connectivity index (χ0n) is 20.7. The van der Waals surface area contributed by atoms with E-state index in [0.29, 0.717) is 68.0 Å². The van der Waals surface area contributed by atoms with Gasteiger partial charge < -0.3 is 30.3 Å². The first-order chi connectivity index (χ1) is 17.9. The number of hydrogen-bond acceptors (Lipinski definition) is 8. The summed E-state index contributed by atoms with van der Waals surface area (Å²) in [7, 11) is 1.62. The molecule has 4 rings (SSSR count). The van der Waals surface area contributed by atoms with Gasteiger partial charge in [-0.2, -0.15) is 0 Å². The molecule has 1 saturated heterocycles. The van der Waals surface area contributed by atoms with Crippen LogP contribution in [0.1, 0.15) is 26.4 Å². The van der Waals surface area contributed by atoms with Crippen LogP contribution in [0.5, 0.6) is 0 Å². The number of methoxy groups -OCH3 is 1. The molecule has 194 valence electrons. The van der Waals surface area contributed by atoms with Crippen LogP contribution in [0.4, 0.5) is 27.3 Å². The number of aryl methyl sites for hydroxylation is 1. The van der Waals surface area contributed by atoms with Crippen molar-refractivity contribution in [2.75, 3.05) is 67.4 Å². The third kappa shape index (κ3) is 6.99. The molecule has 0 aliphatic carbocycles. The molecule has 11 heteroatoms. The highest BCUT2D eigenvalue weighted by atomic mass is 19.1. The lowest BCUT2D eigenvalue weighted by atomic mass is 10.1. The minimum absolute atomic E-state index is 0.165. The molecule has 1 fully saturated rings. The molecule has 0 unspecified atom stereocenters. The van der Waals surface area contributed by atoms with Gasteiger partial charge in [0, 0.05) is 38.0 Å². The number of rotatable bonds is 9. The monoisotopic (exact) mass is 508 g/mol. The molecule has 1 aliphatic rings. The Morgan fingerprint density at radius 1 is 1.03 bits per heavy atom. The SMILES string of the molecule is COCCNc1ccc(NC(=O)c2cc(NC(=O)c3cc(F)cc(N4CCOCC4)c3)cnc2C)cn1. The molecule has 0 bridgehead atoms. The van der Waals surface area contributed by atoms with Crippen molar-refractivity contribution in [3.8, 4) is 0 Å². The van der Waals surface area contributed by atoms with Crippen LogP contribution in [0.15, 0.2) is 48.8 Å². The summed E-state index contributed by atoms with van der Waals surface area (Å²) in [6.45, 7) is 5.19. The Kier molecular flexibility index (Phi) is 8.60. The number of carbonyl (C=O) groups is 2. The molecule has 0 saturated carbocycles. The molecule has 2 aromatic heterocycles. The molecule has 0 atom stereocenters. The lowest BCUT2D eigenvalue weighted by Gasteiger charge is -2.29. The van der Waals surface area contributed by atoms with Gasteiger partial charge in [0.2, 0.25) is 0 Å². The zero-order chi connectivity index (χ0) is 26.2. The number of nitrogens with one attached hydrogen (secondary N) is 3. The number of halogens is 1. The summed E-state index contributed by atoms with van der Waals surface area (Å²) in [5.41, 5.74) is 2.37. The Balaban J connectivity index is 1.43. The van der Waals surface area contributed by atoms with Crippen molar-refractivity contribution in [1.29, 1.82) is 0 Å². The largest absolute Gasteiger partial charge is 0.383 e. The molecule has 3 N–H and O–H groups in total. The number of hydrogen-bond donors (Lipinski definition) is 3. The number of benzene rings is 1. The topological polar surface area (TPSA) is 118 Å². The second-order valence-corrected chi connectivity index (χ2v) is 8.41. The third-order valence-corrected chi connectivity index (χ3v) is 5.74. The normalized spacial score (nSPS) is 13.2. The fourth-order valence-electron chi connectivity index (χ4n) is 3.80. The van der Waals surface area contributed by atoms with E-state index in [9.17, 15) is 14.0 Å². The molecule has 1 aromatic carbocycles. The summed E-state index contributed by atoms with van der Waals surface area (Å²) in [5, 5.41) is 8.60. The van der Waals surface area contributed by atoms with E-state index < -0.39 is 17.6 Å². The first kappa shape index (κ1) is 26.0. The van der Waals surface area contributed by atoms with Gasteiger partial charge in [0.25, 0.3) is 11.8 Å². The highest BCUT2D eigenvalue weighted by Gasteiger charge is 2.17. The Bertz CT molecular complexity index is 1250. The van der Waals surface area contributed by atoms with E-state index in [2.05, 4.69) is 25.9 Å². The highest BCUT2D eigenvalue weighted by Crippen LogP contribution is 2.22. The van der Waals surface area contributed by atoms with Gasteiger partial charge in [-0.15, -0.1) is 0 Å². The van der Waals surface area contributed by atoms with Crippen molar-refractivity contribution in [3.63, 3.8) is 0 Å². The molecule has 3 aromatic rings. The first-order valence-corrected chi connectivity index (χ1v) is 11.8. The number of pyridine rings is 2. The number of ether oxygens (including phenoxy) is 2. The summed E-state index contributed by atoms with van der Waals surface area (Å²) in [5.74, 6) is -0.758. The average molecular weight is 509 g/mol. The van der Waals surface area contributed by atoms with Crippen LogP contribution >= 0.6 is 0 Å². The maximum atomic E-state index is 14.3. The maximum Gasteiger partial charge on any atom is 0.257 e. The maximum absolute atomic E-state index is 14.3. The van der Waals surface area contributed by atoms with Crippen molar-refractivity contribution in [2.24, 2.45) is 0 Å². The van der Waals surface area contributed by atoms with E-state index in [4.69, 9.17) is 9.47 Å². The Labute approximate surface area is 214 Å². The lowest BCUT2D eigenvalue weighted by molar-refractivity contribution is 0.101. The predicted octanol–water partition coefficient (Wildman–Crippen LogP) is 3.32. The lowest BCUT2D eigenvalue weighted by Crippen LogP contribution is -2.36. The summed E-state index contributed by atoms with van der Waals surface area (Å²) in [6, 6.07) is 9.22. The van der Waals surface area contributed by atoms with Crippen molar-refractivity contribution in [2.45, 2.75) is 6.92 Å².